The Labute approximate surface area is 181 Å². The number of carbonyl (C=O) groups is 1. The summed E-state index contributed by atoms with van der Waals surface area (Å²) in [6.45, 7) is 3.59. The number of hydrogen-bond acceptors (Lipinski definition) is 5. The van der Waals surface area contributed by atoms with Gasteiger partial charge in [-0.15, -0.1) is 0 Å². The molecule has 0 bridgehead atoms. The van der Waals surface area contributed by atoms with Crippen molar-refractivity contribution in [1.82, 2.24) is 5.01 Å². The van der Waals surface area contributed by atoms with Gasteiger partial charge in [0.15, 0.2) is 5.76 Å². The molecule has 0 saturated heterocycles. The van der Waals surface area contributed by atoms with Gasteiger partial charge in [0, 0.05) is 12.1 Å². The van der Waals surface area contributed by atoms with E-state index in [0.29, 0.717) is 12.1 Å². The van der Waals surface area contributed by atoms with Crippen LogP contribution < -0.4 is 4.72 Å². The lowest BCUT2D eigenvalue weighted by Crippen LogP contribution is -2.26. The van der Waals surface area contributed by atoms with Crippen LogP contribution in [0.3, 0.4) is 0 Å². The first-order valence-electron chi connectivity index (χ1n) is 9.98. The largest absolute Gasteiger partial charge is 0.459 e. The number of furan rings is 1. The van der Waals surface area contributed by atoms with Crippen molar-refractivity contribution in [3.8, 4) is 0 Å². The van der Waals surface area contributed by atoms with Crippen molar-refractivity contribution in [2.75, 3.05) is 10.5 Å². The highest BCUT2D eigenvalue weighted by Crippen LogP contribution is 2.34. The number of hydrogen-bond donors (Lipinski definition) is 1. The summed E-state index contributed by atoms with van der Waals surface area (Å²) >= 11 is 0. The third-order valence-electron chi connectivity index (χ3n) is 5.15. The summed E-state index contributed by atoms with van der Waals surface area (Å²) in [6, 6.07) is 18.1. The second kappa shape index (κ2) is 8.39. The molecule has 1 atom stereocenters. The maximum absolute atomic E-state index is 13.0. The molecule has 3 aromatic rings. The van der Waals surface area contributed by atoms with Gasteiger partial charge in [0.1, 0.15) is 0 Å². The number of carbonyl (C=O) groups excluding carboxylic acids is 1. The smallest absolute Gasteiger partial charge is 0.310 e. The fourth-order valence-corrected chi connectivity index (χ4v) is 4.14. The van der Waals surface area contributed by atoms with Crippen molar-refractivity contribution >= 4 is 27.3 Å². The molecule has 0 aliphatic carbocycles. The van der Waals surface area contributed by atoms with E-state index < -0.39 is 10.0 Å². The predicted octanol–water partition coefficient (Wildman–Crippen LogP) is 4.34. The molecule has 1 aliphatic heterocycles. The molecule has 4 rings (SSSR count). The van der Waals surface area contributed by atoms with Crippen molar-refractivity contribution in [3.05, 3.63) is 89.4 Å². The van der Waals surface area contributed by atoms with Crippen LogP contribution in [0.2, 0.25) is 0 Å². The Kier molecular flexibility index (Phi) is 5.65. The number of aryl methyl sites for hydroxylation is 1. The Morgan fingerprint density at radius 1 is 1.16 bits per heavy atom. The van der Waals surface area contributed by atoms with Crippen molar-refractivity contribution in [1.29, 1.82) is 0 Å². The zero-order valence-corrected chi connectivity index (χ0v) is 18.1. The maximum atomic E-state index is 13.0. The van der Waals surface area contributed by atoms with E-state index in [2.05, 4.69) is 9.82 Å². The molecule has 7 nitrogen and oxygen atoms in total. The first-order chi connectivity index (χ1) is 14.9. The highest BCUT2D eigenvalue weighted by Gasteiger charge is 2.34. The molecule has 0 radical (unpaired) electrons. The Bertz CT molecular complexity index is 1220. The molecule has 0 saturated carbocycles. The fraction of sp³-hybridized carbons (Fsp3) is 0.217. The van der Waals surface area contributed by atoms with Gasteiger partial charge >= 0.3 is 5.91 Å². The molecule has 160 valence electrons. The summed E-state index contributed by atoms with van der Waals surface area (Å²) in [7, 11) is -3.34. The Hall–Kier alpha value is -3.39. The molecule has 31 heavy (non-hydrogen) atoms. The topological polar surface area (TPSA) is 92.0 Å². The summed E-state index contributed by atoms with van der Waals surface area (Å²) in [5.74, 6) is -0.0745. The quantitative estimate of drug-likeness (QED) is 0.621. The van der Waals surface area contributed by atoms with Crippen LogP contribution in [0, 0.1) is 6.92 Å². The van der Waals surface area contributed by atoms with Gasteiger partial charge in [-0.05, 0) is 49.2 Å². The molecule has 1 amide bonds. The normalized spacial score (nSPS) is 16.3. The van der Waals surface area contributed by atoms with Gasteiger partial charge in [0.25, 0.3) is 0 Å². The number of nitrogens with zero attached hydrogens (tertiary/aromatic N) is 2. The minimum Gasteiger partial charge on any atom is -0.459 e. The number of benzene rings is 2. The molecule has 1 aliphatic rings. The van der Waals surface area contributed by atoms with Crippen LogP contribution in [-0.4, -0.2) is 30.8 Å². The zero-order valence-electron chi connectivity index (χ0n) is 17.3. The molecule has 1 aromatic heterocycles. The third-order valence-corrected chi connectivity index (χ3v) is 6.46. The van der Waals surface area contributed by atoms with Crippen molar-refractivity contribution in [2.24, 2.45) is 5.10 Å². The summed E-state index contributed by atoms with van der Waals surface area (Å²) in [4.78, 5) is 13.0. The van der Waals surface area contributed by atoms with Gasteiger partial charge in [-0.1, -0.05) is 42.0 Å². The molecular weight excluding hydrogens is 414 g/mol. The van der Waals surface area contributed by atoms with Gasteiger partial charge in [0.2, 0.25) is 10.0 Å². The van der Waals surface area contributed by atoms with Crippen LogP contribution in [0.5, 0.6) is 0 Å². The summed E-state index contributed by atoms with van der Waals surface area (Å²) in [5.41, 5.74) is 4.15. The van der Waals surface area contributed by atoms with E-state index in [0.717, 1.165) is 22.4 Å². The summed E-state index contributed by atoms with van der Waals surface area (Å²) in [5, 5.41) is 6.09. The number of anilines is 1. The van der Waals surface area contributed by atoms with Crippen LogP contribution in [0.4, 0.5) is 5.69 Å². The molecule has 1 N–H and O–H groups in total. The second-order valence-electron chi connectivity index (χ2n) is 7.39. The molecular formula is C23H23N3O4S. The maximum Gasteiger partial charge on any atom is 0.310 e. The Morgan fingerprint density at radius 2 is 1.94 bits per heavy atom. The van der Waals surface area contributed by atoms with E-state index in [1.165, 1.54) is 11.3 Å². The Morgan fingerprint density at radius 3 is 2.58 bits per heavy atom. The number of nitrogens with one attached hydrogen (secondary N) is 1. The minimum absolute atomic E-state index is 0.00346. The Balaban J connectivity index is 1.65. The average molecular weight is 438 g/mol. The second-order valence-corrected chi connectivity index (χ2v) is 9.40. The molecule has 0 fully saturated rings. The highest BCUT2D eigenvalue weighted by molar-refractivity contribution is 7.92. The first kappa shape index (κ1) is 20.9. The molecule has 1 unspecified atom stereocenters. The van der Waals surface area contributed by atoms with E-state index in [1.807, 2.05) is 31.2 Å². The average Bonchev–Trinajstić information content (AvgIpc) is 3.44. The van der Waals surface area contributed by atoms with Crippen LogP contribution >= 0.6 is 0 Å². The van der Waals surface area contributed by atoms with E-state index in [9.17, 15) is 13.2 Å². The minimum atomic E-state index is -3.34. The van der Waals surface area contributed by atoms with Gasteiger partial charge in [-0.2, -0.15) is 5.10 Å². The predicted molar refractivity (Wildman–Crippen MR) is 119 cm³/mol. The third kappa shape index (κ3) is 4.54. The van der Waals surface area contributed by atoms with E-state index >= 15 is 0 Å². The molecule has 0 spiro atoms. The first-order valence-corrected chi connectivity index (χ1v) is 11.6. The summed E-state index contributed by atoms with van der Waals surface area (Å²) in [6.07, 6.45) is 2.00. The van der Waals surface area contributed by atoms with Crippen LogP contribution in [0.15, 0.2) is 76.4 Å². The van der Waals surface area contributed by atoms with Gasteiger partial charge in [0.05, 0.1) is 23.8 Å². The van der Waals surface area contributed by atoms with Gasteiger partial charge in [-0.3, -0.25) is 9.52 Å². The van der Waals surface area contributed by atoms with Gasteiger partial charge < -0.3 is 4.42 Å². The molecule has 8 heteroatoms. The fourth-order valence-electron chi connectivity index (χ4n) is 3.50. The van der Waals surface area contributed by atoms with E-state index in [4.69, 9.17) is 4.42 Å². The number of hydrazone groups is 1. The number of sulfonamides is 1. The number of amides is 1. The monoisotopic (exact) mass is 437 g/mol. The van der Waals surface area contributed by atoms with Gasteiger partial charge in [-0.25, -0.2) is 13.4 Å². The van der Waals surface area contributed by atoms with Crippen molar-refractivity contribution < 1.29 is 17.6 Å². The van der Waals surface area contributed by atoms with Crippen LogP contribution in [-0.2, 0) is 10.0 Å². The van der Waals surface area contributed by atoms with Crippen molar-refractivity contribution in [2.45, 2.75) is 26.3 Å². The highest BCUT2D eigenvalue weighted by atomic mass is 32.2. The summed E-state index contributed by atoms with van der Waals surface area (Å²) < 4.78 is 31.4. The zero-order chi connectivity index (χ0) is 22.0. The van der Waals surface area contributed by atoms with Crippen molar-refractivity contribution in [3.63, 3.8) is 0 Å². The lowest BCUT2D eigenvalue weighted by atomic mass is 9.97. The van der Waals surface area contributed by atoms with Crippen LogP contribution in [0.25, 0.3) is 0 Å². The molecule has 2 aromatic carbocycles. The van der Waals surface area contributed by atoms with Crippen LogP contribution in [0.1, 0.15) is 46.6 Å². The van der Waals surface area contributed by atoms with E-state index in [-0.39, 0.29) is 23.5 Å². The number of rotatable bonds is 6. The standard InChI is InChI=1S/C23H23N3O4S/c1-3-31(28,29)25-19-11-9-17(10-12-19)20-15-21(18-7-4-6-16(2)14-18)26(24-20)23(27)22-8-5-13-30-22/h4-14,21,25H,3,15H2,1-2H3. The lowest BCUT2D eigenvalue weighted by molar-refractivity contribution is 0.0678. The molecule has 2 heterocycles. The van der Waals surface area contributed by atoms with E-state index in [1.54, 1.807) is 43.3 Å². The SMILES string of the molecule is CCS(=O)(=O)Nc1ccc(C2=NN(C(=O)c3ccco3)C(c3cccc(C)c3)C2)cc1. The lowest BCUT2D eigenvalue weighted by Gasteiger charge is -2.21.